The summed E-state index contributed by atoms with van der Waals surface area (Å²) >= 11 is 6.85. The van der Waals surface area contributed by atoms with Crippen molar-refractivity contribution in [3.8, 4) is 11.1 Å². The van der Waals surface area contributed by atoms with Crippen LogP contribution in [0.1, 0.15) is 37.9 Å². The van der Waals surface area contributed by atoms with Gasteiger partial charge in [-0.2, -0.15) is 10.2 Å². The molecule has 194 valence electrons. The summed E-state index contributed by atoms with van der Waals surface area (Å²) in [6, 6.07) is 4.12. The first kappa shape index (κ1) is 24.0. The molecule has 1 N–H and O–H groups in total. The van der Waals surface area contributed by atoms with Gasteiger partial charge in [0.05, 0.1) is 17.8 Å². The number of nitrogens with zero attached hydrogens (tertiary/aromatic N) is 6. The first-order valence-electron chi connectivity index (χ1n) is 12.9. The summed E-state index contributed by atoms with van der Waals surface area (Å²) in [5.74, 6) is 1.03. The average molecular weight is 522 g/mol. The quantitative estimate of drug-likeness (QED) is 0.527. The summed E-state index contributed by atoms with van der Waals surface area (Å²) in [6.45, 7) is 11.7. The minimum absolute atomic E-state index is 0.0152. The van der Waals surface area contributed by atoms with Gasteiger partial charge in [0.2, 0.25) is 11.8 Å². The molecule has 0 radical (unpaired) electrons. The molecule has 2 amide bonds. The third kappa shape index (κ3) is 3.91. The Bertz CT molecular complexity index is 1400. The van der Waals surface area contributed by atoms with E-state index in [-0.39, 0.29) is 23.3 Å². The van der Waals surface area contributed by atoms with Crippen molar-refractivity contribution in [1.82, 2.24) is 29.8 Å². The number of aromatic nitrogens is 4. The van der Waals surface area contributed by atoms with E-state index >= 15 is 0 Å². The minimum Gasteiger partial charge on any atom is -0.351 e. The van der Waals surface area contributed by atoms with Crippen LogP contribution < -0.4 is 4.90 Å². The predicted molar refractivity (Wildman–Crippen MR) is 144 cm³/mol. The number of benzene rings is 1. The SMILES string of the molecule is C=CC(=O)N1CC2(CCC(n3nc(N4CCN(C(C)=O)CC4)c(-c4c(Cl)ccc5[nH]ncc45)c3C)C2)C1. The second-order valence-corrected chi connectivity index (χ2v) is 11.2. The number of H-pyrrole nitrogens is 1. The number of carbonyl (C=O) groups is 2. The molecule has 9 nitrogen and oxygen atoms in total. The predicted octanol–water partition coefficient (Wildman–Crippen LogP) is 3.80. The standard InChI is InChI=1S/C27H32ClN7O2/c1-4-23(37)34-15-27(16-34)8-7-19(13-27)35-17(2)24(25-20-14-29-30-22(20)6-5-21(25)28)26(31-35)33-11-9-32(10-12-33)18(3)36/h4-6,14,19H,1,7-13,15-16H2,2-3H3,(H,29,30). The summed E-state index contributed by atoms with van der Waals surface area (Å²) in [5, 5.41) is 14.2. The lowest BCUT2D eigenvalue weighted by Crippen LogP contribution is -2.56. The van der Waals surface area contributed by atoms with Gasteiger partial charge in [-0.3, -0.25) is 19.4 Å². The molecule has 1 unspecified atom stereocenters. The van der Waals surface area contributed by atoms with Crippen LogP contribution in [0.2, 0.25) is 5.02 Å². The van der Waals surface area contributed by atoms with Crippen LogP contribution in [0.3, 0.4) is 0 Å². The summed E-state index contributed by atoms with van der Waals surface area (Å²) in [7, 11) is 0. The summed E-state index contributed by atoms with van der Waals surface area (Å²) in [5.41, 5.74) is 4.16. The zero-order valence-electron chi connectivity index (χ0n) is 21.3. The average Bonchev–Trinajstić information content (AvgIpc) is 3.60. The minimum atomic E-state index is 0.0152. The Hall–Kier alpha value is -3.33. The van der Waals surface area contributed by atoms with Crippen molar-refractivity contribution in [2.24, 2.45) is 5.41 Å². The van der Waals surface area contributed by atoms with E-state index in [1.165, 1.54) is 6.08 Å². The molecule has 2 aliphatic heterocycles. The molecular formula is C27H32ClN7O2. The van der Waals surface area contributed by atoms with E-state index in [9.17, 15) is 9.59 Å². The number of rotatable bonds is 4. The van der Waals surface area contributed by atoms with Crippen molar-refractivity contribution >= 4 is 40.1 Å². The number of nitrogens with one attached hydrogen (secondary N) is 1. The summed E-state index contributed by atoms with van der Waals surface area (Å²) in [6.07, 6.45) is 6.34. The van der Waals surface area contributed by atoms with Crippen LogP contribution in [-0.2, 0) is 9.59 Å². The van der Waals surface area contributed by atoms with Crippen LogP contribution in [-0.4, -0.2) is 80.9 Å². The van der Waals surface area contributed by atoms with Crippen molar-refractivity contribution in [2.45, 2.75) is 39.2 Å². The number of hydrogen-bond acceptors (Lipinski definition) is 5. The number of aromatic amines is 1. The van der Waals surface area contributed by atoms with Gasteiger partial charge in [0.1, 0.15) is 0 Å². The summed E-state index contributed by atoms with van der Waals surface area (Å²) < 4.78 is 2.20. The molecule has 3 aliphatic rings. The number of anilines is 1. The van der Waals surface area contributed by atoms with Crippen LogP contribution >= 0.6 is 11.6 Å². The lowest BCUT2D eigenvalue weighted by atomic mass is 9.78. The highest BCUT2D eigenvalue weighted by molar-refractivity contribution is 6.35. The van der Waals surface area contributed by atoms with Gasteiger partial charge in [0.25, 0.3) is 0 Å². The molecule has 1 atom stereocenters. The molecular weight excluding hydrogens is 490 g/mol. The first-order valence-corrected chi connectivity index (χ1v) is 13.3. The van der Waals surface area contributed by atoms with Crippen molar-refractivity contribution in [3.63, 3.8) is 0 Å². The molecule has 3 aromatic rings. The molecule has 1 aliphatic carbocycles. The second-order valence-electron chi connectivity index (χ2n) is 10.8. The number of fused-ring (bicyclic) bond motifs is 1. The van der Waals surface area contributed by atoms with E-state index < -0.39 is 0 Å². The number of likely N-dealkylation sites (tertiary alicyclic amines) is 1. The van der Waals surface area contributed by atoms with Crippen LogP contribution in [0, 0.1) is 12.3 Å². The van der Waals surface area contributed by atoms with Crippen molar-refractivity contribution in [3.05, 3.63) is 41.7 Å². The molecule has 3 fully saturated rings. The summed E-state index contributed by atoms with van der Waals surface area (Å²) in [4.78, 5) is 30.0. The lowest BCUT2D eigenvalue weighted by molar-refractivity contribution is -0.137. The van der Waals surface area contributed by atoms with E-state index in [4.69, 9.17) is 16.7 Å². The molecule has 10 heteroatoms. The van der Waals surface area contributed by atoms with Gasteiger partial charge in [0.15, 0.2) is 5.82 Å². The highest BCUT2D eigenvalue weighted by Gasteiger charge is 2.50. The number of hydrogen-bond donors (Lipinski definition) is 1. The Morgan fingerprint density at radius 2 is 1.92 bits per heavy atom. The van der Waals surface area contributed by atoms with Gasteiger partial charge in [-0.25, -0.2) is 0 Å². The molecule has 1 spiro atoms. The Morgan fingerprint density at radius 1 is 1.16 bits per heavy atom. The fourth-order valence-corrected chi connectivity index (χ4v) is 6.83. The van der Waals surface area contributed by atoms with Crippen molar-refractivity contribution < 1.29 is 9.59 Å². The number of carbonyl (C=O) groups excluding carboxylic acids is 2. The fraction of sp³-hybridized carbons (Fsp3) is 0.481. The van der Waals surface area contributed by atoms with Crippen LogP contribution in [0.4, 0.5) is 5.82 Å². The van der Waals surface area contributed by atoms with E-state index in [1.807, 2.05) is 28.1 Å². The van der Waals surface area contributed by atoms with Crippen LogP contribution in [0.25, 0.3) is 22.0 Å². The van der Waals surface area contributed by atoms with E-state index in [2.05, 4.69) is 33.3 Å². The van der Waals surface area contributed by atoms with E-state index in [1.54, 1.807) is 6.92 Å². The van der Waals surface area contributed by atoms with Gasteiger partial charge in [0, 0.05) is 78.8 Å². The molecule has 1 saturated carbocycles. The van der Waals surface area contributed by atoms with Gasteiger partial charge in [-0.05, 0) is 44.4 Å². The van der Waals surface area contributed by atoms with Crippen LogP contribution in [0.15, 0.2) is 31.0 Å². The lowest BCUT2D eigenvalue weighted by Gasteiger charge is -2.48. The van der Waals surface area contributed by atoms with Crippen LogP contribution in [0.5, 0.6) is 0 Å². The molecule has 4 heterocycles. The Labute approximate surface area is 221 Å². The number of amides is 2. The maximum absolute atomic E-state index is 12.0. The van der Waals surface area contributed by atoms with E-state index in [0.717, 1.165) is 79.0 Å². The molecule has 0 bridgehead atoms. The molecule has 1 aromatic carbocycles. The molecule has 37 heavy (non-hydrogen) atoms. The van der Waals surface area contributed by atoms with E-state index in [0.29, 0.717) is 18.1 Å². The Balaban J connectivity index is 1.38. The normalized spacial score (nSPS) is 21.1. The zero-order chi connectivity index (χ0) is 25.9. The molecule has 2 aromatic heterocycles. The van der Waals surface area contributed by atoms with Crippen molar-refractivity contribution in [1.29, 1.82) is 0 Å². The third-order valence-electron chi connectivity index (χ3n) is 8.54. The highest BCUT2D eigenvalue weighted by atomic mass is 35.5. The van der Waals surface area contributed by atoms with Gasteiger partial charge in [-0.1, -0.05) is 18.2 Å². The van der Waals surface area contributed by atoms with Gasteiger partial charge < -0.3 is 14.7 Å². The van der Waals surface area contributed by atoms with Gasteiger partial charge in [-0.15, -0.1) is 0 Å². The smallest absolute Gasteiger partial charge is 0.245 e. The largest absolute Gasteiger partial charge is 0.351 e. The molecule has 6 rings (SSSR count). The fourth-order valence-electron chi connectivity index (χ4n) is 6.57. The maximum atomic E-state index is 12.0. The highest BCUT2D eigenvalue weighted by Crippen LogP contribution is 2.51. The third-order valence-corrected chi connectivity index (χ3v) is 8.86. The topological polar surface area (TPSA) is 90.4 Å². The number of piperazine rings is 1. The molecule has 2 saturated heterocycles. The van der Waals surface area contributed by atoms with Crippen molar-refractivity contribution in [2.75, 3.05) is 44.2 Å². The maximum Gasteiger partial charge on any atom is 0.245 e. The number of halogens is 1. The second kappa shape index (κ2) is 8.90. The van der Waals surface area contributed by atoms with Gasteiger partial charge >= 0.3 is 0 Å². The first-order chi connectivity index (χ1) is 17.8. The Morgan fingerprint density at radius 3 is 2.62 bits per heavy atom. The Kier molecular flexibility index (Phi) is 5.78. The zero-order valence-corrected chi connectivity index (χ0v) is 22.1. The monoisotopic (exact) mass is 521 g/mol.